The molecular weight excluding hydrogens is 582 g/mol. The Kier molecular flexibility index (Phi) is 6.41. The van der Waals surface area contributed by atoms with Gasteiger partial charge in [-0.3, -0.25) is 19.7 Å². The molecule has 2 aliphatic heterocycles. The van der Waals surface area contributed by atoms with Crippen molar-refractivity contribution in [2.45, 2.75) is 31.8 Å². The van der Waals surface area contributed by atoms with Crippen molar-refractivity contribution in [2.24, 2.45) is 17.8 Å². The number of nitrogens with one attached hydrogen (secondary N) is 1. The summed E-state index contributed by atoms with van der Waals surface area (Å²) in [5.41, 5.74) is -1.16. The minimum atomic E-state index is -1.71. The van der Waals surface area contributed by atoms with Gasteiger partial charge in [-0.1, -0.05) is 37.0 Å². The molecule has 0 spiro atoms. The number of anilines is 1. The third-order valence-electron chi connectivity index (χ3n) is 6.24. The Hall–Kier alpha value is -1.88. The summed E-state index contributed by atoms with van der Waals surface area (Å²) >= 11 is 14.4. The number of carboxylic acids is 1. The van der Waals surface area contributed by atoms with Gasteiger partial charge in [-0.05, 0) is 71.3 Å². The zero-order valence-electron chi connectivity index (χ0n) is 17.7. The van der Waals surface area contributed by atoms with Crippen LogP contribution in [0.3, 0.4) is 0 Å². The molecule has 0 radical (unpaired) electrons. The van der Waals surface area contributed by atoms with Gasteiger partial charge in [0.05, 0.1) is 22.5 Å². The predicted octanol–water partition coefficient (Wildman–Crippen LogP) is 4.62. The third-order valence-corrected chi connectivity index (χ3v) is 7.47. The molecule has 33 heavy (non-hydrogen) atoms. The van der Waals surface area contributed by atoms with Crippen molar-refractivity contribution < 1.29 is 24.6 Å². The van der Waals surface area contributed by atoms with Crippen molar-refractivity contribution in [3.05, 3.63) is 55.6 Å². The fourth-order valence-electron chi connectivity index (χ4n) is 5.05. The number of benzene rings is 2. The summed E-state index contributed by atoms with van der Waals surface area (Å²) in [6, 6.07) is 8.65. The number of aliphatic carboxylic acids is 1. The molecule has 4 atom stereocenters. The van der Waals surface area contributed by atoms with E-state index in [1.54, 1.807) is 24.3 Å². The average Bonchev–Trinajstić information content (AvgIpc) is 3.20. The molecule has 3 N–H and O–H groups in total. The first-order valence-corrected chi connectivity index (χ1v) is 12.1. The first kappa shape index (κ1) is 24.3. The molecule has 2 saturated heterocycles. The smallest absolute Gasteiger partial charge is 0.324 e. The molecule has 7 nitrogen and oxygen atoms in total. The van der Waals surface area contributed by atoms with Crippen LogP contribution in [0.5, 0.6) is 5.75 Å². The van der Waals surface area contributed by atoms with Crippen molar-refractivity contribution >= 4 is 69.3 Å². The van der Waals surface area contributed by atoms with Crippen LogP contribution in [-0.2, 0) is 14.4 Å². The lowest BCUT2D eigenvalue weighted by Crippen LogP contribution is -2.56. The van der Waals surface area contributed by atoms with Gasteiger partial charge in [-0.15, -0.1) is 0 Å². The van der Waals surface area contributed by atoms with E-state index in [2.05, 4.69) is 27.9 Å². The van der Waals surface area contributed by atoms with Crippen LogP contribution >= 0.6 is 45.8 Å². The first-order valence-electron chi connectivity index (χ1n) is 10.3. The number of halogens is 3. The number of nitrogens with zero attached hydrogens (tertiary/aromatic N) is 1. The largest absolute Gasteiger partial charge is 0.506 e. The van der Waals surface area contributed by atoms with Crippen molar-refractivity contribution in [1.82, 2.24) is 5.32 Å². The molecule has 2 aromatic rings. The zero-order chi connectivity index (χ0) is 24.2. The highest BCUT2D eigenvalue weighted by atomic mass is 127. The number of imide groups is 1. The van der Waals surface area contributed by atoms with Crippen LogP contribution in [0.1, 0.15) is 31.9 Å². The zero-order valence-corrected chi connectivity index (χ0v) is 21.4. The number of carbonyl (C=O) groups is 3. The minimum Gasteiger partial charge on any atom is -0.506 e. The topological polar surface area (TPSA) is 107 Å². The quantitative estimate of drug-likeness (QED) is 0.340. The van der Waals surface area contributed by atoms with E-state index >= 15 is 0 Å². The molecule has 2 aliphatic rings. The second-order valence-electron chi connectivity index (χ2n) is 8.81. The fraction of sp³-hybridized carbons (Fsp3) is 0.348. The highest BCUT2D eigenvalue weighted by molar-refractivity contribution is 14.1. The van der Waals surface area contributed by atoms with Crippen molar-refractivity contribution in [3.63, 3.8) is 0 Å². The van der Waals surface area contributed by atoms with Crippen LogP contribution < -0.4 is 10.2 Å². The first-order chi connectivity index (χ1) is 15.5. The highest BCUT2D eigenvalue weighted by Crippen LogP contribution is 2.53. The van der Waals surface area contributed by atoms with Gasteiger partial charge in [0, 0.05) is 20.2 Å². The van der Waals surface area contributed by atoms with E-state index in [9.17, 15) is 24.6 Å². The van der Waals surface area contributed by atoms with E-state index in [1.165, 1.54) is 12.1 Å². The molecule has 2 fully saturated rings. The number of phenols is 1. The molecule has 2 heterocycles. The summed E-state index contributed by atoms with van der Waals surface area (Å²) in [4.78, 5) is 41.1. The maximum absolute atomic E-state index is 13.7. The van der Waals surface area contributed by atoms with Crippen LogP contribution in [0.15, 0.2) is 36.4 Å². The van der Waals surface area contributed by atoms with Crippen LogP contribution in [0, 0.1) is 21.3 Å². The van der Waals surface area contributed by atoms with Crippen LogP contribution in [-0.4, -0.2) is 33.5 Å². The summed E-state index contributed by atoms with van der Waals surface area (Å²) in [6.07, 6.45) is 0.106. The Bertz CT molecular complexity index is 1160. The van der Waals surface area contributed by atoms with Crippen LogP contribution in [0.4, 0.5) is 5.69 Å². The van der Waals surface area contributed by atoms with Gasteiger partial charge in [0.25, 0.3) is 0 Å². The number of hydrogen-bond acceptors (Lipinski definition) is 5. The second kappa shape index (κ2) is 8.72. The van der Waals surface area contributed by atoms with E-state index in [0.717, 1.165) is 8.47 Å². The summed E-state index contributed by atoms with van der Waals surface area (Å²) in [7, 11) is 0. The molecule has 0 unspecified atom stereocenters. The van der Waals surface area contributed by atoms with E-state index < -0.39 is 41.2 Å². The number of aromatic hydroxyl groups is 1. The summed E-state index contributed by atoms with van der Waals surface area (Å²) in [5.74, 6) is -5.00. The molecule has 4 rings (SSSR count). The predicted molar refractivity (Wildman–Crippen MR) is 132 cm³/mol. The lowest BCUT2D eigenvalue weighted by atomic mass is 9.75. The number of amides is 2. The van der Waals surface area contributed by atoms with Gasteiger partial charge in [0.15, 0.2) is 0 Å². The van der Waals surface area contributed by atoms with E-state index in [1.807, 2.05) is 13.8 Å². The molecule has 0 aliphatic carbocycles. The van der Waals surface area contributed by atoms with Gasteiger partial charge in [-0.25, -0.2) is 4.90 Å². The van der Waals surface area contributed by atoms with Crippen molar-refractivity contribution in [3.8, 4) is 5.75 Å². The third kappa shape index (κ3) is 3.90. The number of fused-ring (bicyclic) bond motifs is 1. The van der Waals surface area contributed by atoms with Crippen LogP contribution in [0.2, 0.25) is 10.0 Å². The van der Waals surface area contributed by atoms with Crippen LogP contribution in [0.25, 0.3) is 0 Å². The standard InChI is InChI=1S/C23H21Cl2IN2O5/c1-10(2)9-23(22(32)33)17-16(18(27-23)14-7-11(24)8-15(25)19(14)29)20(30)28(21(17)31)13-5-3-12(26)4-6-13/h3-8,10,16-18,27,29H,9H2,1-2H3,(H,32,33)/t16-,17-,18-,23+/m1/s1. The molecular formula is C23H21Cl2IN2O5. The Morgan fingerprint density at radius 3 is 2.39 bits per heavy atom. The molecule has 10 heteroatoms. The van der Waals surface area contributed by atoms with Crippen molar-refractivity contribution in [2.75, 3.05) is 4.90 Å². The maximum Gasteiger partial charge on any atom is 0.324 e. The maximum atomic E-state index is 13.7. The monoisotopic (exact) mass is 602 g/mol. The summed E-state index contributed by atoms with van der Waals surface area (Å²) < 4.78 is 0.924. The SMILES string of the molecule is CC(C)C[C@]1(C(=O)O)N[C@H](c2cc(Cl)cc(Cl)c2O)[C@@H]2C(=O)N(c3ccc(I)cc3)C(=O)[C@@H]21. The summed E-state index contributed by atoms with van der Waals surface area (Å²) in [6.45, 7) is 3.70. The van der Waals surface area contributed by atoms with E-state index in [-0.39, 0.29) is 33.7 Å². The minimum absolute atomic E-state index is 0.0289. The lowest BCUT2D eigenvalue weighted by Gasteiger charge is -2.32. The number of phenolic OH excluding ortho intramolecular Hbond substituents is 1. The Morgan fingerprint density at radius 1 is 1.18 bits per heavy atom. The lowest BCUT2D eigenvalue weighted by molar-refractivity contribution is -0.149. The van der Waals surface area contributed by atoms with Gasteiger partial charge in [-0.2, -0.15) is 0 Å². The summed E-state index contributed by atoms with van der Waals surface area (Å²) in [5, 5.41) is 24.2. The van der Waals surface area contributed by atoms with Crippen molar-refractivity contribution in [1.29, 1.82) is 0 Å². The van der Waals surface area contributed by atoms with E-state index in [0.29, 0.717) is 5.69 Å². The number of carboxylic acid groups (broad SMARTS) is 1. The second-order valence-corrected chi connectivity index (χ2v) is 10.9. The Labute approximate surface area is 214 Å². The number of hydrogen-bond donors (Lipinski definition) is 3. The highest BCUT2D eigenvalue weighted by Gasteiger charge is 2.69. The van der Waals surface area contributed by atoms with Gasteiger partial charge in [0.1, 0.15) is 11.3 Å². The molecule has 0 bridgehead atoms. The average molecular weight is 603 g/mol. The van der Waals surface area contributed by atoms with Gasteiger partial charge >= 0.3 is 5.97 Å². The molecule has 0 saturated carbocycles. The number of carbonyl (C=O) groups excluding carboxylic acids is 2. The molecule has 2 aromatic carbocycles. The Morgan fingerprint density at radius 2 is 1.82 bits per heavy atom. The van der Waals surface area contributed by atoms with Gasteiger partial charge in [0.2, 0.25) is 11.8 Å². The Balaban J connectivity index is 1.91. The van der Waals surface area contributed by atoms with Gasteiger partial charge < -0.3 is 10.2 Å². The number of rotatable bonds is 5. The van der Waals surface area contributed by atoms with E-state index in [4.69, 9.17) is 23.2 Å². The molecule has 0 aromatic heterocycles. The fourth-order valence-corrected chi connectivity index (χ4v) is 5.92. The molecule has 2 amide bonds. The molecule has 174 valence electrons. The normalized spacial score (nSPS) is 26.8.